The SMILES string of the molecule is CC(CCCC(C)(C)O)CC(O)C(C)[N+](=O)[O-]. The van der Waals surface area contributed by atoms with E-state index in [4.69, 9.17) is 0 Å². The lowest BCUT2D eigenvalue weighted by molar-refractivity contribution is -0.530. The van der Waals surface area contributed by atoms with E-state index in [0.717, 1.165) is 12.8 Å². The summed E-state index contributed by atoms with van der Waals surface area (Å²) >= 11 is 0. The molecule has 3 atom stereocenters. The van der Waals surface area contributed by atoms with Crippen LogP contribution in [0.15, 0.2) is 0 Å². The first-order valence-electron chi connectivity index (χ1n) is 6.17. The molecule has 2 N–H and O–H groups in total. The molecule has 0 spiro atoms. The first kappa shape index (κ1) is 16.3. The largest absolute Gasteiger partial charge is 0.390 e. The number of aliphatic hydroxyl groups is 2. The van der Waals surface area contributed by atoms with Gasteiger partial charge in [-0.1, -0.05) is 19.8 Å². The lowest BCUT2D eigenvalue weighted by atomic mass is 9.92. The number of nitro groups is 1. The summed E-state index contributed by atoms with van der Waals surface area (Å²) < 4.78 is 0. The summed E-state index contributed by atoms with van der Waals surface area (Å²) in [7, 11) is 0. The molecule has 0 aromatic heterocycles. The van der Waals surface area contributed by atoms with Crippen molar-refractivity contribution in [1.82, 2.24) is 0 Å². The van der Waals surface area contributed by atoms with Crippen molar-refractivity contribution in [2.45, 2.75) is 71.1 Å². The maximum atomic E-state index is 10.5. The van der Waals surface area contributed by atoms with Crippen molar-refractivity contribution >= 4 is 0 Å². The molecule has 5 heteroatoms. The second-order valence-electron chi connectivity index (χ2n) is 5.64. The Morgan fingerprint density at radius 3 is 2.29 bits per heavy atom. The number of nitrogens with zero attached hydrogens (tertiary/aromatic N) is 1. The third-order valence-electron chi connectivity index (χ3n) is 3.02. The van der Waals surface area contributed by atoms with E-state index in [1.165, 1.54) is 6.92 Å². The van der Waals surface area contributed by atoms with Gasteiger partial charge in [0.25, 0.3) is 0 Å². The highest BCUT2D eigenvalue weighted by Crippen LogP contribution is 2.20. The van der Waals surface area contributed by atoms with Crippen LogP contribution in [0, 0.1) is 16.0 Å². The van der Waals surface area contributed by atoms with Crippen LogP contribution in [0.1, 0.15) is 53.4 Å². The summed E-state index contributed by atoms with van der Waals surface area (Å²) in [6.07, 6.45) is 1.99. The van der Waals surface area contributed by atoms with Gasteiger partial charge in [-0.2, -0.15) is 0 Å². The van der Waals surface area contributed by atoms with Crippen LogP contribution < -0.4 is 0 Å². The molecule has 0 aromatic rings. The second-order valence-corrected chi connectivity index (χ2v) is 5.64. The predicted molar refractivity (Wildman–Crippen MR) is 66.4 cm³/mol. The average Bonchev–Trinajstić information content (AvgIpc) is 2.13. The van der Waals surface area contributed by atoms with Crippen LogP contribution >= 0.6 is 0 Å². The second kappa shape index (κ2) is 6.91. The Bertz CT molecular complexity index is 237. The molecule has 0 bridgehead atoms. The summed E-state index contributed by atoms with van der Waals surface area (Å²) in [6.45, 7) is 6.93. The number of hydrogen-bond donors (Lipinski definition) is 2. The normalized spacial score (nSPS) is 17.5. The van der Waals surface area contributed by atoms with E-state index in [0.29, 0.717) is 12.8 Å². The Balaban J connectivity index is 3.86. The highest BCUT2D eigenvalue weighted by Gasteiger charge is 2.25. The smallest absolute Gasteiger partial charge is 0.235 e. The van der Waals surface area contributed by atoms with Gasteiger partial charge in [-0.15, -0.1) is 0 Å². The van der Waals surface area contributed by atoms with E-state index in [1.54, 1.807) is 13.8 Å². The molecule has 0 amide bonds. The molecule has 102 valence electrons. The van der Waals surface area contributed by atoms with Crippen molar-refractivity contribution in [1.29, 1.82) is 0 Å². The zero-order valence-electron chi connectivity index (χ0n) is 11.2. The quantitative estimate of drug-likeness (QED) is 0.507. The molecule has 0 radical (unpaired) electrons. The van der Waals surface area contributed by atoms with Gasteiger partial charge in [0.05, 0.1) is 5.60 Å². The maximum Gasteiger partial charge on any atom is 0.235 e. The molecule has 17 heavy (non-hydrogen) atoms. The van der Waals surface area contributed by atoms with Gasteiger partial charge in [-0.25, -0.2) is 0 Å². The van der Waals surface area contributed by atoms with Crippen LogP contribution in [0.4, 0.5) is 0 Å². The van der Waals surface area contributed by atoms with E-state index in [9.17, 15) is 20.3 Å². The molecule has 0 saturated carbocycles. The third kappa shape index (κ3) is 8.10. The Kier molecular flexibility index (Phi) is 6.64. The van der Waals surface area contributed by atoms with Crippen molar-refractivity contribution < 1.29 is 15.1 Å². The minimum absolute atomic E-state index is 0.231. The molecular formula is C12H25NO4. The van der Waals surface area contributed by atoms with Gasteiger partial charge in [0.2, 0.25) is 6.04 Å². The monoisotopic (exact) mass is 247 g/mol. The van der Waals surface area contributed by atoms with Gasteiger partial charge < -0.3 is 10.2 Å². The topological polar surface area (TPSA) is 83.6 Å². The van der Waals surface area contributed by atoms with Crippen LogP contribution in [-0.2, 0) is 0 Å². The Hall–Kier alpha value is -0.680. The van der Waals surface area contributed by atoms with Crippen LogP contribution in [0.3, 0.4) is 0 Å². The number of aliphatic hydroxyl groups excluding tert-OH is 1. The fourth-order valence-corrected chi connectivity index (χ4v) is 1.75. The maximum absolute atomic E-state index is 10.5. The fourth-order valence-electron chi connectivity index (χ4n) is 1.75. The van der Waals surface area contributed by atoms with Crippen molar-refractivity contribution in [2.75, 3.05) is 0 Å². The van der Waals surface area contributed by atoms with E-state index in [-0.39, 0.29) is 5.92 Å². The highest BCUT2D eigenvalue weighted by molar-refractivity contribution is 4.69. The van der Waals surface area contributed by atoms with Gasteiger partial charge in [0.15, 0.2) is 0 Å². The molecule has 0 aliphatic carbocycles. The van der Waals surface area contributed by atoms with Crippen LogP contribution in [0.25, 0.3) is 0 Å². The van der Waals surface area contributed by atoms with Crippen molar-refractivity contribution in [2.24, 2.45) is 5.92 Å². The summed E-state index contributed by atoms with van der Waals surface area (Å²) in [4.78, 5) is 10.0. The summed E-state index contributed by atoms with van der Waals surface area (Å²) in [5, 5.41) is 29.6. The summed E-state index contributed by atoms with van der Waals surface area (Å²) in [5.74, 6) is 0.231. The van der Waals surface area contributed by atoms with Gasteiger partial charge >= 0.3 is 0 Å². The Labute approximate surface area is 103 Å². The van der Waals surface area contributed by atoms with Crippen molar-refractivity contribution in [3.63, 3.8) is 0 Å². The molecule has 0 aliphatic rings. The van der Waals surface area contributed by atoms with Crippen molar-refractivity contribution in [3.05, 3.63) is 10.1 Å². The molecule has 3 unspecified atom stereocenters. The number of rotatable bonds is 8. The fraction of sp³-hybridized carbons (Fsp3) is 1.00. The highest BCUT2D eigenvalue weighted by atomic mass is 16.6. The van der Waals surface area contributed by atoms with E-state index < -0.39 is 22.7 Å². The van der Waals surface area contributed by atoms with Crippen LogP contribution in [0.2, 0.25) is 0 Å². The van der Waals surface area contributed by atoms with Gasteiger partial charge in [-0.3, -0.25) is 10.1 Å². The molecule has 0 fully saturated rings. The van der Waals surface area contributed by atoms with Crippen LogP contribution in [0.5, 0.6) is 0 Å². The summed E-state index contributed by atoms with van der Waals surface area (Å²) in [5.41, 5.74) is -0.660. The van der Waals surface area contributed by atoms with Gasteiger partial charge in [-0.05, 0) is 32.6 Å². The Morgan fingerprint density at radius 2 is 1.88 bits per heavy atom. The molecule has 0 aliphatic heterocycles. The van der Waals surface area contributed by atoms with Gasteiger partial charge in [0, 0.05) is 11.8 Å². The van der Waals surface area contributed by atoms with Crippen molar-refractivity contribution in [3.8, 4) is 0 Å². The standard InChI is InChI=1S/C12H25NO4/c1-9(6-5-7-12(3,4)15)8-11(14)10(2)13(16)17/h9-11,14-15H,5-8H2,1-4H3. The van der Waals surface area contributed by atoms with E-state index in [1.807, 2.05) is 6.92 Å². The zero-order valence-corrected chi connectivity index (χ0v) is 11.2. The average molecular weight is 247 g/mol. The van der Waals surface area contributed by atoms with Gasteiger partial charge in [0.1, 0.15) is 6.10 Å². The van der Waals surface area contributed by atoms with E-state index in [2.05, 4.69) is 0 Å². The minimum atomic E-state index is -0.910. The predicted octanol–water partition coefficient (Wildman–Crippen LogP) is 1.98. The van der Waals surface area contributed by atoms with E-state index >= 15 is 0 Å². The molecule has 0 rings (SSSR count). The lowest BCUT2D eigenvalue weighted by Gasteiger charge is -2.20. The molecule has 0 aromatic carbocycles. The zero-order chi connectivity index (χ0) is 13.6. The van der Waals surface area contributed by atoms with Crippen LogP contribution in [-0.4, -0.2) is 32.9 Å². The first-order chi connectivity index (χ1) is 7.63. The Morgan fingerprint density at radius 1 is 1.35 bits per heavy atom. The minimum Gasteiger partial charge on any atom is -0.390 e. The molecular weight excluding hydrogens is 222 g/mol. The lowest BCUT2D eigenvalue weighted by Crippen LogP contribution is -2.32. The first-order valence-corrected chi connectivity index (χ1v) is 6.17. The summed E-state index contributed by atoms with van der Waals surface area (Å²) in [6, 6.07) is -0.910. The molecule has 0 saturated heterocycles. The molecule has 0 heterocycles. The molecule has 5 nitrogen and oxygen atoms in total. The third-order valence-corrected chi connectivity index (χ3v) is 3.02. The number of hydrogen-bond acceptors (Lipinski definition) is 4.